The van der Waals surface area contributed by atoms with Crippen molar-refractivity contribution in [3.63, 3.8) is 0 Å². The van der Waals surface area contributed by atoms with Crippen LogP contribution in [0.15, 0.2) is 47.6 Å². The summed E-state index contributed by atoms with van der Waals surface area (Å²) < 4.78 is 5.44. The van der Waals surface area contributed by atoms with Gasteiger partial charge in [0.25, 0.3) is 5.91 Å². The van der Waals surface area contributed by atoms with Crippen LogP contribution >= 0.6 is 11.6 Å². The number of nitrogens with zero attached hydrogens (tertiary/aromatic N) is 1. The van der Waals surface area contributed by atoms with E-state index >= 15 is 0 Å². The van der Waals surface area contributed by atoms with Gasteiger partial charge >= 0.3 is 0 Å². The van der Waals surface area contributed by atoms with E-state index in [0.29, 0.717) is 10.8 Å². The predicted octanol–water partition coefficient (Wildman–Crippen LogP) is 3.49. The SMILES string of the molecule is Cc1cc(OCC(=O)N/N=C\c2ccccc2)cc(C)c1Cl. The Morgan fingerprint density at radius 1 is 1.23 bits per heavy atom. The highest BCUT2D eigenvalue weighted by molar-refractivity contribution is 6.32. The van der Waals surface area contributed by atoms with Crippen LogP contribution in [0.3, 0.4) is 0 Å². The maximum Gasteiger partial charge on any atom is 0.277 e. The van der Waals surface area contributed by atoms with Crippen LogP contribution in [0.4, 0.5) is 0 Å². The van der Waals surface area contributed by atoms with Crippen molar-refractivity contribution < 1.29 is 9.53 Å². The molecule has 0 saturated heterocycles. The Kier molecular flexibility index (Phi) is 5.55. The third kappa shape index (κ3) is 4.60. The first kappa shape index (κ1) is 16.0. The van der Waals surface area contributed by atoms with Gasteiger partial charge < -0.3 is 4.74 Å². The molecule has 2 rings (SSSR count). The highest BCUT2D eigenvalue weighted by Crippen LogP contribution is 2.25. The van der Waals surface area contributed by atoms with Gasteiger partial charge in [-0.25, -0.2) is 5.43 Å². The van der Waals surface area contributed by atoms with Crippen LogP contribution in [0.25, 0.3) is 0 Å². The number of amides is 1. The number of hydrazone groups is 1. The molecule has 22 heavy (non-hydrogen) atoms. The number of carbonyl (C=O) groups excluding carboxylic acids is 1. The number of aryl methyl sites for hydroxylation is 2. The van der Waals surface area contributed by atoms with Gasteiger partial charge in [-0.05, 0) is 42.7 Å². The molecule has 0 aromatic heterocycles. The second-order valence-corrected chi connectivity index (χ2v) is 5.24. The van der Waals surface area contributed by atoms with Crippen LogP contribution in [-0.4, -0.2) is 18.7 Å². The van der Waals surface area contributed by atoms with Gasteiger partial charge in [-0.1, -0.05) is 41.9 Å². The average Bonchev–Trinajstić information content (AvgIpc) is 2.51. The standard InChI is InChI=1S/C17H17ClN2O2/c1-12-8-15(9-13(2)17(12)18)22-11-16(21)20-19-10-14-6-4-3-5-7-14/h3-10H,11H2,1-2H3,(H,20,21)/b19-10-. The van der Waals surface area contributed by atoms with E-state index in [1.807, 2.05) is 44.2 Å². The number of benzene rings is 2. The van der Waals surface area contributed by atoms with Crippen LogP contribution in [0.1, 0.15) is 16.7 Å². The Bertz CT molecular complexity index is 661. The van der Waals surface area contributed by atoms with Crippen molar-refractivity contribution >= 4 is 23.7 Å². The van der Waals surface area contributed by atoms with Crippen molar-refractivity contribution in [1.82, 2.24) is 5.43 Å². The fourth-order valence-electron chi connectivity index (χ4n) is 1.89. The second-order valence-electron chi connectivity index (χ2n) is 4.86. The van der Waals surface area contributed by atoms with Gasteiger partial charge in [0.1, 0.15) is 5.75 Å². The third-order valence-corrected chi connectivity index (χ3v) is 3.58. The van der Waals surface area contributed by atoms with Crippen molar-refractivity contribution in [2.45, 2.75) is 13.8 Å². The Hall–Kier alpha value is -2.33. The van der Waals surface area contributed by atoms with E-state index in [2.05, 4.69) is 10.5 Å². The normalized spacial score (nSPS) is 10.7. The summed E-state index contributed by atoms with van der Waals surface area (Å²) in [5, 5.41) is 4.59. The fourth-order valence-corrected chi connectivity index (χ4v) is 2.00. The number of ether oxygens (including phenoxy) is 1. The first-order chi connectivity index (χ1) is 10.6. The molecule has 2 aromatic rings. The molecule has 0 bridgehead atoms. The van der Waals surface area contributed by atoms with E-state index in [-0.39, 0.29) is 12.5 Å². The molecule has 0 unspecified atom stereocenters. The van der Waals surface area contributed by atoms with Crippen LogP contribution < -0.4 is 10.2 Å². The van der Waals surface area contributed by atoms with E-state index in [9.17, 15) is 4.79 Å². The lowest BCUT2D eigenvalue weighted by molar-refractivity contribution is -0.123. The topological polar surface area (TPSA) is 50.7 Å². The molecule has 1 N–H and O–H groups in total. The largest absolute Gasteiger partial charge is 0.484 e. The fraction of sp³-hybridized carbons (Fsp3) is 0.176. The number of hydrogen-bond acceptors (Lipinski definition) is 3. The first-order valence-corrected chi connectivity index (χ1v) is 7.20. The Balaban J connectivity index is 1.84. The van der Waals surface area contributed by atoms with E-state index < -0.39 is 0 Å². The van der Waals surface area contributed by atoms with Crippen molar-refractivity contribution in [2.24, 2.45) is 5.10 Å². The minimum absolute atomic E-state index is 0.105. The number of hydrogen-bond donors (Lipinski definition) is 1. The Morgan fingerprint density at radius 3 is 2.50 bits per heavy atom. The van der Waals surface area contributed by atoms with Gasteiger partial charge in [0.2, 0.25) is 0 Å². The molecule has 0 saturated carbocycles. The smallest absolute Gasteiger partial charge is 0.277 e. The summed E-state index contributed by atoms with van der Waals surface area (Å²) in [6.07, 6.45) is 1.58. The van der Waals surface area contributed by atoms with Gasteiger partial charge in [-0.15, -0.1) is 0 Å². The lowest BCUT2D eigenvalue weighted by atomic mass is 10.1. The number of nitrogens with one attached hydrogen (secondary N) is 1. The number of rotatable bonds is 5. The zero-order chi connectivity index (χ0) is 15.9. The molecule has 5 heteroatoms. The van der Waals surface area contributed by atoms with Crippen molar-refractivity contribution in [3.8, 4) is 5.75 Å². The molecule has 0 aliphatic carbocycles. The third-order valence-electron chi connectivity index (χ3n) is 2.98. The monoisotopic (exact) mass is 316 g/mol. The van der Waals surface area contributed by atoms with E-state index in [1.165, 1.54) is 0 Å². The molecule has 0 heterocycles. The van der Waals surface area contributed by atoms with Gasteiger partial charge in [0.05, 0.1) is 6.21 Å². The molecule has 114 valence electrons. The number of carbonyl (C=O) groups is 1. The molecular formula is C17H17ClN2O2. The van der Waals surface area contributed by atoms with Crippen LogP contribution in [0, 0.1) is 13.8 Å². The first-order valence-electron chi connectivity index (χ1n) is 6.83. The molecule has 4 nitrogen and oxygen atoms in total. The maximum atomic E-state index is 11.7. The predicted molar refractivity (Wildman–Crippen MR) is 88.6 cm³/mol. The zero-order valence-corrected chi connectivity index (χ0v) is 13.2. The summed E-state index contributed by atoms with van der Waals surface area (Å²) in [5.74, 6) is 0.291. The maximum absolute atomic E-state index is 11.7. The average molecular weight is 317 g/mol. The molecular weight excluding hydrogens is 300 g/mol. The molecule has 0 aliphatic rings. The van der Waals surface area contributed by atoms with Gasteiger partial charge in [-0.3, -0.25) is 4.79 Å². The van der Waals surface area contributed by atoms with E-state index in [0.717, 1.165) is 16.7 Å². The zero-order valence-electron chi connectivity index (χ0n) is 12.5. The molecule has 0 atom stereocenters. The van der Waals surface area contributed by atoms with Crippen molar-refractivity contribution in [3.05, 3.63) is 64.2 Å². The minimum Gasteiger partial charge on any atom is -0.484 e. The molecule has 0 spiro atoms. The highest BCUT2D eigenvalue weighted by atomic mass is 35.5. The van der Waals surface area contributed by atoms with Gasteiger partial charge in [0.15, 0.2) is 6.61 Å². The minimum atomic E-state index is -0.322. The molecule has 0 fully saturated rings. The van der Waals surface area contributed by atoms with E-state index in [4.69, 9.17) is 16.3 Å². The number of halogens is 1. The Labute approximate surface area is 134 Å². The molecule has 1 amide bonds. The second kappa shape index (κ2) is 7.61. The highest BCUT2D eigenvalue weighted by Gasteiger charge is 2.06. The summed E-state index contributed by atoms with van der Waals surface area (Å²) in [6, 6.07) is 13.1. The molecule has 2 aromatic carbocycles. The van der Waals surface area contributed by atoms with Crippen LogP contribution in [-0.2, 0) is 4.79 Å². The summed E-state index contributed by atoms with van der Waals surface area (Å²) in [5.41, 5.74) is 5.16. The van der Waals surface area contributed by atoms with Crippen molar-refractivity contribution in [2.75, 3.05) is 6.61 Å². The summed E-state index contributed by atoms with van der Waals surface area (Å²) in [7, 11) is 0. The van der Waals surface area contributed by atoms with Crippen LogP contribution in [0.2, 0.25) is 5.02 Å². The summed E-state index contributed by atoms with van der Waals surface area (Å²) >= 11 is 6.09. The Morgan fingerprint density at radius 2 is 1.86 bits per heavy atom. The lowest BCUT2D eigenvalue weighted by Crippen LogP contribution is -2.24. The summed E-state index contributed by atoms with van der Waals surface area (Å²) in [6.45, 7) is 3.69. The van der Waals surface area contributed by atoms with E-state index in [1.54, 1.807) is 18.3 Å². The molecule has 0 aliphatic heterocycles. The van der Waals surface area contributed by atoms with Gasteiger partial charge in [0, 0.05) is 5.02 Å². The quantitative estimate of drug-likeness (QED) is 0.678. The summed E-state index contributed by atoms with van der Waals surface area (Å²) in [4.78, 5) is 11.7. The van der Waals surface area contributed by atoms with Gasteiger partial charge in [-0.2, -0.15) is 5.10 Å². The van der Waals surface area contributed by atoms with Crippen LogP contribution in [0.5, 0.6) is 5.75 Å². The van der Waals surface area contributed by atoms with Crippen molar-refractivity contribution in [1.29, 1.82) is 0 Å². The molecule has 0 radical (unpaired) electrons. The lowest BCUT2D eigenvalue weighted by Gasteiger charge is -2.09.